The molecule has 0 unspecified atom stereocenters. The summed E-state index contributed by atoms with van der Waals surface area (Å²) < 4.78 is 0. The van der Waals surface area contributed by atoms with E-state index in [1.165, 1.54) is 19.3 Å². The topological polar surface area (TPSA) is 3.24 Å². The van der Waals surface area contributed by atoms with Gasteiger partial charge in [0.2, 0.25) is 0 Å². The molecule has 1 heterocycles. The minimum atomic E-state index is 0.00992. The third-order valence-electron chi connectivity index (χ3n) is 4.01. The molecule has 0 spiro atoms. The highest BCUT2D eigenvalue weighted by atomic mass is 15.1. The molecule has 2 aromatic carbocycles. The van der Waals surface area contributed by atoms with Gasteiger partial charge < -0.3 is 0 Å². The van der Waals surface area contributed by atoms with E-state index in [9.17, 15) is 0 Å². The van der Waals surface area contributed by atoms with Crippen LogP contribution in [-0.4, -0.2) is 24.0 Å². The van der Waals surface area contributed by atoms with Gasteiger partial charge in [0.1, 0.15) is 6.04 Å². The summed E-state index contributed by atoms with van der Waals surface area (Å²) in [6.07, 6.45) is 3.81. The fourth-order valence-corrected chi connectivity index (χ4v) is 2.74. The van der Waals surface area contributed by atoms with E-state index in [1.54, 1.807) is 0 Å². The number of rotatable bonds is 1. The molecule has 114 valence electrons. The Bertz CT molecular complexity index is 662. The minimum Gasteiger partial charge on any atom is -0.280 e. The van der Waals surface area contributed by atoms with Crippen molar-refractivity contribution in [2.45, 2.75) is 25.3 Å². The molecular weight excluding hydrogens is 278 g/mol. The number of nitrogens with zero attached hydrogens (tertiary/aromatic N) is 1. The predicted molar refractivity (Wildman–Crippen MR) is 95.9 cm³/mol. The maximum Gasteiger partial charge on any atom is 0.134 e. The Labute approximate surface area is 139 Å². The van der Waals surface area contributed by atoms with Crippen LogP contribution in [0.15, 0.2) is 60.7 Å². The molecule has 1 saturated heterocycles. The summed E-state index contributed by atoms with van der Waals surface area (Å²) in [6.45, 7) is 2.19. The summed E-state index contributed by atoms with van der Waals surface area (Å²) in [5, 5.41) is 0. The van der Waals surface area contributed by atoms with Crippen molar-refractivity contribution in [3.05, 3.63) is 71.8 Å². The second-order valence-electron chi connectivity index (χ2n) is 5.77. The zero-order valence-corrected chi connectivity index (χ0v) is 13.3. The van der Waals surface area contributed by atoms with Crippen LogP contribution in [0.4, 0.5) is 0 Å². The highest BCUT2D eigenvalue weighted by molar-refractivity contribution is 5.40. The van der Waals surface area contributed by atoms with Crippen LogP contribution in [0.2, 0.25) is 0 Å². The normalized spacial score (nSPS) is 14.5. The minimum absolute atomic E-state index is 0.00992. The largest absolute Gasteiger partial charge is 0.280 e. The van der Waals surface area contributed by atoms with Gasteiger partial charge in [0.05, 0.1) is 0 Å². The maximum absolute atomic E-state index is 3.38. The number of benzene rings is 2. The molecule has 0 aliphatic carbocycles. The van der Waals surface area contributed by atoms with Crippen molar-refractivity contribution in [1.29, 1.82) is 0 Å². The summed E-state index contributed by atoms with van der Waals surface area (Å²) in [4.78, 5) is 2.41. The third-order valence-corrected chi connectivity index (χ3v) is 4.01. The second-order valence-corrected chi connectivity index (χ2v) is 5.77. The van der Waals surface area contributed by atoms with Gasteiger partial charge in [0, 0.05) is 24.2 Å². The molecule has 1 fully saturated rings. The highest BCUT2D eigenvalue weighted by Crippen LogP contribution is 2.12. The van der Waals surface area contributed by atoms with Gasteiger partial charge in [-0.1, -0.05) is 66.5 Å². The fraction of sp³-hybridized carbons (Fsp3) is 0.273. The lowest BCUT2D eigenvalue weighted by Crippen LogP contribution is -2.37. The van der Waals surface area contributed by atoms with Gasteiger partial charge in [-0.25, -0.2) is 0 Å². The number of hydrogen-bond donors (Lipinski definition) is 0. The van der Waals surface area contributed by atoms with E-state index in [-0.39, 0.29) is 6.04 Å². The van der Waals surface area contributed by atoms with Crippen LogP contribution in [-0.2, 0) is 0 Å². The molecule has 0 N–H and O–H groups in total. The van der Waals surface area contributed by atoms with E-state index in [4.69, 9.17) is 0 Å². The van der Waals surface area contributed by atoms with Crippen LogP contribution in [0.3, 0.4) is 0 Å². The maximum atomic E-state index is 3.38. The standard InChI is InChI=1S/C22H21N/c1-4-10-20(11-5-1)14-16-22(23-18-8-3-9-19-23)17-15-21-12-6-2-7-13-21/h1-2,4-7,10-13,22H,3,8-9,18-19H2. The Balaban J connectivity index is 1.82. The molecule has 1 nitrogen and oxygen atoms in total. The van der Waals surface area contributed by atoms with E-state index in [2.05, 4.69) is 28.6 Å². The molecule has 0 bridgehead atoms. The van der Waals surface area contributed by atoms with Crippen LogP contribution >= 0.6 is 0 Å². The number of piperidine rings is 1. The monoisotopic (exact) mass is 299 g/mol. The van der Waals surface area contributed by atoms with Crippen molar-refractivity contribution in [2.24, 2.45) is 0 Å². The summed E-state index contributed by atoms with van der Waals surface area (Å²) in [5.41, 5.74) is 2.10. The van der Waals surface area contributed by atoms with Crippen LogP contribution in [0.5, 0.6) is 0 Å². The van der Waals surface area contributed by atoms with Gasteiger partial charge in [-0.3, -0.25) is 4.90 Å². The second kappa shape index (κ2) is 8.23. The predicted octanol–water partition coefficient (Wildman–Crippen LogP) is 3.94. The zero-order valence-electron chi connectivity index (χ0n) is 13.3. The highest BCUT2D eigenvalue weighted by Gasteiger charge is 2.16. The lowest BCUT2D eigenvalue weighted by Gasteiger charge is -2.28. The van der Waals surface area contributed by atoms with Crippen molar-refractivity contribution >= 4 is 0 Å². The Morgan fingerprint density at radius 1 is 0.652 bits per heavy atom. The average Bonchev–Trinajstić information content (AvgIpc) is 2.64. The van der Waals surface area contributed by atoms with Crippen molar-refractivity contribution in [2.75, 3.05) is 13.1 Å². The van der Waals surface area contributed by atoms with Crippen molar-refractivity contribution < 1.29 is 0 Å². The first kappa shape index (κ1) is 15.4. The Hall–Kier alpha value is -2.48. The van der Waals surface area contributed by atoms with E-state index in [0.29, 0.717) is 0 Å². The summed E-state index contributed by atoms with van der Waals surface area (Å²) in [5.74, 6) is 13.3. The van der Waals surface area contributed by atoms with E-state index in [0.717, 1.165) is 24.2 Å². The fourth-order valence-electron chi connectivity index (χ4n) is 2.74. The molecule has 0 atom stereocenters. The molecule has 1 heteroatoms. The van der Waals surface area contributed by atoms with Gasteiger partial charge in [-0.05, 0) is 37.1 Å². The van der Waals surface area contributed by atoms with Gasteiger partial charge in [-0.15, -0.1) is 0 Å². The Morgan fingerprint density at radius 2 is 1.13 bits per heavy atom. The summed E-state index contributed by atoms with van der Waals surface area (Å²) >= 11 is 0. The van der Waals surface area contributed by atoms with Crippen molar-refractivity contribution in [3.63, 3.8) is 0 Å². The Kier molecular flexibility index (Phi) is 5.52. The zero-order chi connectivity index (χ0) is 15.7. The molecule has 23 heavy (non-hydrogen) atoms. The first-order valence-electron chi connectivity index (χ1n) is 8.29. The molecule has 3 rings (SSSR count). The molecule has 0 radical (unpaired) electrons. The first-order chi connectivity index (χ1) is 11.4. The molecule has 0 aromatic heterocycles. The van der Waals surface area contributed by atoms with Crippen molar-refractivity contribution in [1.82, 2.24) is 4.90 Å². The van der Waals surface area contributed by atoms with Gasteiger partial charge in [0.15, 0.2) is 0 Å². The SMILES string of the molecule is C(#CC(C#Cc1ccccc1)N1CCCCC1)c1ccccc1. The summed E-state index contributed by atoms with van der Waals surface area (Å²) in [6, 6.07) is 20.3. The molecule has 1 aliphatic rings. The van der Waals surface area contributed by atoms with E-state index in [1.807, 2.05) is 60.7 Å². The lowest BCUT2D eigenvalue weighted by atomic mass is 10.1. The van der Waals surface area contributed by atoms with Crippen LogP contribution in [0, 0.1) is 23.7 Å². The third kappa shape index (κ3) is 4.75. The molecule has 0 saturated carbocycles. The van der Waals surface area contributed by atoms with Crippen molar-refractivity contribution in [3.8, 4) is 23.7 Å². The van der Waals surface area contributed by atoms with Crippen LogP contribution in [0.1, 0.15) is 30.4 Å². The van der Waals surface area contributed by atoms with E-state index >= 15 is 0 Å². The molecule has 0 amide bonds. The molecular formula is C22H21N. The molecule has 2 aromatic rings. The van der Waals surface area contributed by atoms with Gasteiger partial charge >= 0.3 is 0 Å². The van der Waals surface area contributed by atoms with Crippen LogP contribution < -0.4 is 0 Å². The Morgan fingerprint density at radius 3 is 1.61 bits per heavy atom. The molecule has 1 aliphatic heterocycles. The van der Waals surface area contributed by atoms with Crippen LogP contribution in [0.25, 0.3) is 0 Å². The average molecular weight is 299 g/mol. The quantitative estimate of drug-likeness (QED) is 0.721. The lowest BCUT2D eigenvalue weighted by molar-refractivity contribution is 0.225. The number of likely N-dealkylation sites (tertiary alicyclic amines) is 1. The summed E-state index contributed by atoms with van der Waals surface area (Å²) in [7, 11) is 0. The smallest absolute Gasteiger partial charge is 0.134 e. The van der Waals surface area contributed by atoms with Gasteiger partial charge in [-0.2, -0.15) is 0 Å². The first-order valence-corrected chi connectivity index (χ1v) is 8.29. The number of hydrogen-bond acceptors (Lipinski definition) is 1. The van der Waals surface area contributed by atoms with E-state index < -0.39 is 0 Å². The van der Waals surface area contributed by atoms with Gasteiger partial charge in [0.25, 0.3) is 0 Å².